The highest BCUT2D eigenvalue weighted by atomic mass is 32.1. The van der Waals surface area contributed by atoms with Crippen molar-refractivity contribution >= 4 is 28.3 Å². The molecule has 9 nitrogen and oxygen atoms in total. The lowest BCUT2D eigenvalue weighted by molar-refractivity contribution is -0.126. The second-order valence-electron chi connectivity index (χ2n) is 7.51. The molecule has 1 N–H and O–H groups in total. The minimum absolute atomic E-state index is 0.108. The zero-order valence-electron chi connectivity index (χ0n) is 16.9. The van der Waals surface area contributed by atoms with Crippen LogP contribution in [0.2, 0.25) is 0 Å². The molecule has 1 aromatic carbocycles. The zero-order chi connectivity index (χ0) is 21.1. The Hall–Kier alpha value is -3.14. The number of aromatic nitrogens is 5. The topological polar surface area (TPSA) is 106 Å². The van der Waals surface area contributed by atoms with Gasteiger partial charge in [-0.25, -0.2) is 0 Å². The number of benzene rings is 1. The molecule has 30 heavy (non-hydrogen) atoms. The molecule has 156 valence electrons. The van der Waals surface area contributed by atoms with E-state index in [9.17, 15) is 9.59 Å². The first-order valence-electron chi connectivity index (χ1n) is 9.84. The molecule has 3 heterocycles. The summed E-state index contributed by atoms with van der Waals surface area (Å²) in [6.07, 6.45) is 2.48. The maximum Gasteiger partial charge on any atom is 0.229 e. The first-order valence-corrected chi connectivity index (χ1v) is 10.7. The van der Waals surface area contributed by atoms with E-state index in [1.165, 1.54) is 11.3 Å². The van der Waals surface area contributed by atoms with Gasteiger partial charge >= 0.3 is 0 Å². The molecule has 2 amide bonds. The van der Waals surface area contributed by atoms with Crippen molar-refractivity contribution in [3.8, 4) is 0 Å². The van der Waals surface area contributed by atoms with Crippen LogP contribution in [0.4, 0.5) is 5.13 Å². The molecular formula is C20H23N7O2S. The molecule has 1 saturated heterocycles. The van der Waals surface area contributed by atoms with Crippen molar-refractivity contribution in [1.82, 2.24) is 30.3 Å². The van der Waals surface area contributed by atoms with E-state index in [-0.39, 0.29) is 30.8 Å². The summed E-state index contributed by atoms with van der Waals surface area (Å²) in [5.74, 6) is -0.00955. The lowest BCUT2D eigenvalue weighted by Crippen LogP contribution is -2.33. The fourth-order valence-corrected chi connectivity index (χ4v) is 4.30. The van der Waals surface area contributed by atoms with E-state index < -0.39 is 5.92 Å². The first-order chi connectivity index (χ1) is 14.5. The third-order valence-electron chi connectivity index (χ3n) is 5.01. The highest BCUT2D eigenvalue weighted by Crippen LogP contribution is 2.29. The van der Waals surface area contributed by atoms with Crippen molar-refractivity contribution in [3.05, 3.63) is 53.1 Å². The van der Waals surface area contributed by atoms with Crippen LogP contribution in [-0.4, -0.2) is 43.3 Å². The summed E-state index contributed by atoms with van der Waals surface area (Å²) in [4.78, 5) is 26.7. The number of hydrogen-bond donors (Lipinski definition) is 1. The lowest BCUT2D eigenvalue weighted by atomic mass is 10.1. The van der Waals surface area contributed by atoms with Crippen LogP contribution < -0.4 is 10.2 Å². The Kier molecular flexibility index (Phi) is 5.84. The summed E-state index contributed by atoms with van der Waals surface area (Å²) in [7, 11) is 0. The van der Waals surface area contributed by atoms with Gasteiger partial charge in [0.15, 0.2) is 5.82 Å². The number of carbonyl (C=O) groups excluding carboxylic acids is 2. The first kappa shape index (κ1) is 20.1. The minimum atomic E-state index is -0.422. The molecule has 1 fully saturated rings. The molecule has 1 atom stereocenters. The maximum atomic E-state index is 12.6. The van der Waals surface area contributed by atoms with Crippen molar-refractivity contribution in [2.75, 3.05) is 11.4 Å². The molecule has 1 unspecified atom stereocenters. The van der Waals surface area contributed by atoms with E-state index in [2.05, 4.69) is 25.7 Å². The largest absolute Gasteiger partial charge is 0.348 e. The molecule has 4 rings (SSSR count). The predicted octanol–water partition coefficient (Wildman–Crippen LogP) is 1.97. The second kappa shape index (κ2) is 8.70. The van der Waals surface area contributed by atoms with E-state index in [1.807, 2.05) is 48.7 Å². The van der Waals surface area contributed by atoms with Crippen LogP contribution in [0.5, 0.6) is 0 Å². The quantitative estimate of drug-likeness (QED) is 0.620. The number of anilines is 1. The molecule has 10 heteroatoms. The van der Waals surface area contributed by atoms with Gasteiger partial charge in [-0.1, -0.05) is 41.7 Å². The average molecular weight is 426 g/mol. The van der Waals surface area contributed by atoms with Crippen LogP contribution in [0.1, 0.15) is 42.7 Å². The Morgan fingerprint density at radius 3 is 2.80 bits per heavy atom. The van der Waals surface area contributed by atoms with E-state index in [4.69, 9.17) is 0 Å². The van der Waals surface area contributed by atoms with Crippen molar-refractivity contribution in [2.45, 2.75) is 39.3 Å². The van der Waals surface area contributed by atoms with Crippen LogP contribution >= 0.6 is 11.3 Å². The van der Waals surface area contributed by atoms with Gasteiger partial charge in [0, 0.05) is 25.4 Å². The van der Waals surface area contributed by atoms with E-state index in [0.717, 1.165) is 10.6 Å². The lowest BCUT2D eigenvalue weighted by Gasteiger charge is -2.13. The Morgan fingerprint density at radius 2 is 2.03 bits per heavy atom. The van der Waals surface area contributed by atoms with Gasteiger partial charge in [0.1, 0.15) is 11.3 Å². The Morgan fingerprint density at radius 1 is 1.23 bits per heavy atom. The summed E-state index contributed by atoms with van der Waals surface area (Å²) in [5.41, 5.74) is 1.14. The highest BCUT2D eigenvalue weighted by Gasteiger charge is 2.36. The van der Waals surface area contributed by atoms with Crippen LogP contribution in [0.25, 0.3) is 0 Å². The maximum absolute atomic E-state index is 12.6. The van der Waals surface area contributed by atoms with Crippen molar-refractivity contribution in [3.63, 3.8) is 0 Å². The van der Waals surface area contributed by atoms with Gasteiger partial charge in [0.05, 0.1) is 12.5 Å². The van der Waals surface area contributed by atoms with Gasteiger partial charge < -0.3 is 9.88 Å². The van der Waals surface area contributed by atoms with Gasteiger partial charge in [0.25, 0.3) is 0 Å². The van der Waals surface area contributed by atoms with Crippen LogP contribution in [-0.2, 0) is 22.6 Å². The van der Waals surface area contributed by atoms with Crippen molar-refractivity contribution < 1.29 is 9.59 Å². The SMILES string of the molecule is CC(C)n1cnnc1CNC(=O)C1CC(=O)N(c2nnc(Cc3ccccc3)s2)C1. The third-order valence-corrected chi connectivity index (χ3v) is 5.95. The number of carbonyl (C=O) groups is 2. The van der Waals surface area contributed by atoms with Gasteiger partial charge in [-0.2, -0.15) is 0 Å². The predicted molar refractivity (Wildman–Crippen MR) is 112 cm³/mol. The Bertz CT molecular complexity index is 1030. The van der Waals surface area contributed by atoms with Crippen molar-refractivity contribution in [2.24, 2.45) is 5.92 Å². The highest BCUT2D eigenvalue weighted by molar-refractivity contribution is 7.15. The molecule has 1 aliphatic heterocycles. The van der Waals surface area contributed by atoms with Gasteiger partial charge in [0.2, 0.25) is 16.9 Å². The van der Waals surface area contributed by atoms with Gasteiger partial charge in [-0.15, -0.1) is 20.4 Å². The Balaban J connectivity index is 1.36. The van der Waals surface area contributed by atoms with Crippen LogP contribution in [0.15, 0.2) is 36.7 Å². The number of nitrogens with zero attached hydrogens (tertiary/aromatic N) is 6. The van der Waals surface area contributed by atoms with E-state index in [1.54, 1.807) is 11.2 Å². The van der Waals surface area contributed by atoms with E-state index in [0.29, 0.717) is 23.9 Å². The summed E-state index contributed by atoms with van der Waals surface area (Å²) in [6, 6.07) is 10.2. The van der Waals surface area contributed by atoms with Gasteiger partial charge in [-0.3, -0.25) is 14.5 Å². The smallest absolute Gasteiger partial charge is 0.229 e. The number of amides is 2. The van der Waals surface area contributed by atoms with Crippen LogP contribution in [0, 0.1) is 5.92 Å². The monoisotopic (exact) mass is 425 g/mol. The molecule has 2 aromatic heterocycles. The molecule has 0 spiro atoms. The van der Waals surface area contributed by atoms with Crippen molar-refractivity contribution in [1.29, 1.82) is 0 Å². The summed E-state index contributed by atoms with van der Waals surface area (Å²) in [5, 5.41) is 20.6. The fraction of sp³-hybridized carbons (Fsp3) is 0.400. The Labute approximate surface area is 178 Å². The molecule has 0 radical (unpaired) electrons. The fourth-order valence-electron chi connectivity index (χ4n) is 3.40. The molecule has 0 bridgehead atoms. The second-order valence-corrected chi connectivity index (χ2v) is 8.55. The number of hydrogen-bond acceptors (Lipinski definition) is 7. The molecule has 3 aromatic rings. The van der Waals surface area contributed by atoms with Gasteiger partial charge in [-0.05, 0) is 19.4 Å². The average Bonchev–Trinajstić information content (AvgIpc) is 3.46. The number of rotatable bonds is 7. The van der Waals surface area contributed by atoms with Crippen LogP contribution in [0.3, 0.4) is 0 Å². The number of nitrogens with one attached hydrogen (secondary N) is 1. The summed E-state index contributed by atoms with van der Waals surface area (Å²) in [6.45, 7) is 4.63. The summed E-state index contributed by atoms with van der Waals surface area (Å²) < 4.78 is 1.90. The van der Waals surface area contributed by atoms with E-state index >= 15 is 0 Å². The molecule has 0 saturated carbocycles. The molecule has 1 aliphatic rings. The molecule has 0 aliphatic carbocycles. The normalized spacial score (nSPS) is 16.4. The zero-order valence-corrected chi connectivity index (χ0v) is 17.7. The third kappa shape index (κ3) is 4.38. The minimum Gasteiger partial charge on any atom is -0.348 e. The standard InChI is InChI=1S/C20H23N7O2S/c1-13(2)27-12-22-23-16(27)10-21-19(29)15-9-18(28)26(11-15)20-25-24-17(30-20)8-14-6-4-3-5-7-14/h3-7,12-13,15H,8-11H2,1-2H3,(H,21,29). The summed E-state index contributed by atoms with van der Waals surface area (Å²) >= 11 is 1.39. The molecular weight excluding hydrogens is 402 g/mol.